The van der Waals surface area contributed by atoms with E-state index in [-0.39, 0.29) is 6.04 Å². The largest absolute Gasteiger partial charge is 0.389 e. The third-order valence-corrected chi connectivity index (χ3v) is 1.19. The number of rotatable bonds is 3. The van der Waals surface area contributed by atoms with Crippen LogP contribution in [-0.2, 0) is 4.79 Å². The van der Waals surface area contributed by atoms with Crippen molar-refractivity contribution in [1.29, 1.82) is 0 Å². The summed E-state index contributed by atoms with van der Waals surface area (Å²) >= 11 is 0. The van der Waals surface area contributed by atoms with Gasteiger partial charge >= 0.3 is 0 Å². The predicted molar refractivity (Wildman–Crippen MR) is 42.3 cm³/mol. The molecule has 0 aliphatic carbocycles. The third kappa shape index (κ3) is 12.2. The molecule has 2 N–H and O–H groups in total. The fraction of sp³-hybridized carbons (Fsp3) is 0.857. The van der Waals surface area contributed by atoms with Crippen LogP contribution < -0.4 is 5.32 Å². The van der Waals surface area contributed by atoms with Crippen LogP contribution in [0.4, 0.5) is 8.78 Å². The van der Waals surface area contributed by atoms with Gasteiger partial charge in [0, 0.05) is 13.0 Å². The summed E-state index contributed by atoms with van der Waals surface area (Å²) in [6.07, 6.45) is -0.861. The monoisotopic (exact) mass is 183 g/mol. The first-order valence-electron chi connectivity index (χ1n) is 3.53. The first-order valence-corrected chi connectivity index (χ1v) is 3.53. The van der Waals surface area contributed by atoms with Gasteiger partial charge < -0.3 is 10.4 Å². The van der Waals surface area contributed by atoms with Crippen molar-refractivity contribution in [2.45, 2.75) is 26.0 Å². The Kier molecular flexibility index (Phi) is 9.97. The van der Waals surface area contributed by atoms with E-state index in [1.54, 1.807) is 14.0 Å². The van der Waals surface area contributed by atoms with Gasteiger partial charge in [-0.3, -0.25) is 4.79 Å². The second-order valence-electron chi connectivity index (χ2n) is 2.27. The van der Waals surface area contributed by atoms with E-state index in [1.165, 1.54) is 0 Å². The Labute approximate surface area is 70.8 Å². The van der Waals surface area contributed by atoms with Crippen LogP contribution in [0.2, 0.25) is 0 Å². The molecule has 0 fully saturated rings. The molecule has 0 rings (SSSR count). The lowest BCUT2D eigenvalue weighted by Gasteiger charge is -2.13. The molecule has 2 atom stereocenters. The van der Waals surface area contributed by atoms with Crippen molar-refractivity contribution < 1.29 is 18.7 Å². The van der Waals surface area contributed by atoms with Crippen LogP contribution >= 0.6 is 0 Å². The number of likely N-dealkylation sites (N-methyl/N-ethyl adjacent to an activating group) is 1. The predicted octanol–water partition coefficient (Wildman–Crippen LogP) is 0.427. The zero-order chi connectivity index (χ0) is 10.1. The zero-order valence-corrected chi connectivity index (χ0v) is 7.47. The second kappa shape index (κ2) is 8.55. The average Bonchev–Trinajstić information content (AvgIpc) is 2.00. The fourth-order valence-electron chi connectivity index (χ4n) is 0.326. The van der Waals surface area contributed by atoms with Crippen molar-refractivity contribution in [3.63, 3.8) is 0 Å². The van der Waals surface area contributed by atoms with E-state index in [1.807, 2.05) is 0 Å². The number of hydrogen-bond acceptors (Lipinski definition) is 3. The van der Waals surface area contributed by atoms with Gasteiger partial charge in [-0.2, -0.15) is 4.39 Å². The summed E-state index contributed by atoms with van der Waals surface area (Å²) < 4.78 is 21.9. The highest BCUT2D eigenvalue weighted by Gasteiger charge is 2.09. The molecule has 0 aliphatic heterocycles. The van der Waals surface area contributed by atoms with Crippen molar-refractivity contribution >= 4 is 6.04 Å². The highest BCUT2D eigenvalue weighted by molar-refractivity contribution is 5.64. The lowest BCUT2D eigenvalue weighted by molar-refractivity contribution is -0.126. The summed E-state index contributed by atoms with van der Waals surface area (Å²) in [4.78, 5) is 8.78. The fourth-order valence-corrected chi connectivity index (χ4v) is 0.326. The van der Waals surface area contributed by atoms with Gasteiger partial charge in [-0.05, 0) is 14.0 Å². The van der Waals surface area contributed by atoms with Crippen molar-refractivity contribution in [2.24, 2.45) is 0 Å². The minimum absolute atomic E-state index is 0.153. The van der Waals surface area contributed by atoms with Crippen LogP contribution in [0.5, 0.6) is 0 Å². The van der Waals surface area contributed by atoms with E-state index in [4.69, 9.17) is 9.90 Å². The summed E-state index contributed by atoms with van der Waals surface area (Å²) in [5.74, 6) is 0. The number of aliphatic hydroxyl groups excluding tert-OH is 1. The molecule has 0 aromatic carbocycles. The van der Waals surface area contributed by atoms with Gasteiger partial charge in [-0.25, -0.2) is 4.39 Å². The van der Waals surface area contributed by atoms with E-state index in [0.717, 1.165) is 6.92 Å². The summed E-state index contributed by atoms with van der Waals surface area (Å²) in [6.45, 7) is 1.91. The van der Waals surface area contributed by atoms with E-state index in [0.29, 0.717) is 0 Å². The summed E-state index contributed by atoms with van der Waals surface area (Å²) in [5.41, 5.74) is 0. The molecule has 0 amide bonds. The Morgan fingerprint density at radius 3 is 2.08 bits per heavy atom. The molecule has 2 unspecified atom stereocenters. The van der Waals surface area contributed by atoms with Gasteiger partial charge in [0.1, 0.15) is 6.67 Å². The van der Waals surface area contributed by atoms with E-state index in [2.05, 4.69) is 5.32 Å². The third-order valence-electron chi connectivity index (χ3n) is 1.19. The number of alkyl halides is 1. The van der Waals surface area contributed by atoms with Crippen LogP contribution in [0.1, 0.15) is 13.8 Å². The molecule has 5 heteroatoms. The smallest absolute Gasteiger partial charge is 0.298 e. The number of carbonyl (C=O) groups is 1. The van der Waals surface area contributed by atoms with Crippen LogP contribution in [0.3, 0.4) is 0 Å². The quantitative estimate of drug-likeness (QED) is 0.624. The van der Waals surface area contributed by atoms with Gasteiger partial charge in [0.2, 0.25) is 0 Å². The molecule has 0 aliphatic rings. The topological polar surface area (TPSA) is 49.3 Å². The molecule has 0 aromatic heterocycles. The Morgan fingerprint density at radius 2 is 2.00 bits per heavy atom. The van der Waals surface area contributed by atoms with Crippen LogP contribution in [0.15, 0.2) is 0 Å². The number of carbonyl (C=O) groups excluding carboxylic acids is 1. The molecule has 0 aromatic rings. The molecular weight excluding hydrogens is 168 g/mol. The highest BCUT2D eigenvalue weighted by Crippen LogP contribution is 1.90. The maximum Gasteiger partial charge on any atom is 0.298 e. The Balaban J connectivity index is 0. The Hall–Kier alpha value is -0.550. The van der Waals surface area contributed by atoms with Gasteiger partial charge in [0.25, 0.3) is 6.04 Å². The molecule has 0 radical (unpaired) electrons. The normalized spacial score (nSPS) is 14.2. The van der Waals surface area contributed by atoms with E-state index >= 15 is 0 Å². The summed E-state index contributed by atoms with van der Waals surface area (Å²) in [6, 6.07) is -1.49. The van der Waals surface area contributed by atoms with Crippen LogP contribution in [-0.4, -0.2) is 37.0 Å². The van der Waals surface area contributed by atoms with Crippen LogP contribution in [0, 0.1) is 0 Å². The molecule has 74 valence electrons. The van der Waals surface area contributed by atoms with Crippen molar-refractivity contribution in [3.8, 4) is 0 Å². The first kappa shape index (κ1) is 14.0. The minimum atomic E-state index is -1.33. The van der Waals surface area contributed by atoms with Gasteiger partial charge in [-0.1, -0.05) is 0 Å². The molecule has 0 bridgehead atoms. The van der Waals surface area contributed by atoms with E-state index in [9.17, 15) is 8.78 Å². The van der Waals surface area contributed by atoms with Gasteiger partial charge in [0.05, 0.1) is 6.10 Å². The maximum atomic E-state index is 11.5. The lowest BCUT2D eigenvalue weighted by Crippen LogP contribution is -2.35. The van der Waals surface area contributed by atoms with Crippen molar-refractivity contribution in [2.75, 3.05) is 13.7 Å². The Bertz CT molecular complexity index is 110. The van der Waals surface area contributed by atoms with Gasteiger partial charge in [-0.15, -0.1) is 0 Å². The molecule has 0 spiro atoms. The zero-order valence-electron chi connectivity index (χ0n) is 7.47. The summed E-state index contributed by atoms with van der Waals surface area (Å²) in [7, 11) is 1.68. The minimum Gasteiger partial charge on any atom is -0.389 e. The van der Waals surface area contributed by atoms with Gasteiger partial charge in [0.15, 0.2) is 0 Å². The van der Waals surface area contributed by atoms with Crippen molar-refractivity contribution in [1.82, 2.24) is 5.32 Å². The number of hydrogen-bond donors (Lipinski definition) is 2. The highest BCUT2D eigenvalue weighted by atomic mass is 19.1. The molecular formula is C7H15F2NO2. The molecule has 0 heterocycles. The second-order valence-corrected chi connectivity index (χ2v) is 2.27. The first-order chi connectivity index (χ1) is 5.45. The lowest BCUT2D eigenvalue weighted by atomic mass is 10.2. The van der Waals surface area contributed by atoms with E-state index < -0.39 is 18.8 Å². The summed E-state index contributed by atoms with van der Waals surface area (Å²) in [5, 5.41) is 11.4. The molecule has 3 nitrogen and oxygen atoms in total. The number of nitrogens with one attached hydrogen (secondary N) is 1. The number of aliphatic hydroxyl groups is 1. The number of halogens is 2. The average molecular weight is 183 g/mol. The maximum absolute atomic E-state index is 11.5. The molecule has 0 saturated carbocycles. The SMILES string of the molecule is CC(=O)F.CNC(C)C(O)CF. The standard InChI is InChI=1S/C5H12FNO.C2H3FO/c1-4(7-2)5(8)3-6;1-2(3)4/h4-5,7-8H,3H2,1-2H3;1H3. The molecule has 12 heavy (non-hydrogen) atoms. The molecule has 0 saturated heterocycles. The van der Waals surface area contributed by atoms with Crippen molar-refractivity contribution in [3.05, 3.63) is 0 Å². The van der Waals surface area contributed by atoms with Crippen LogP contribution in [0.25, 0.3) is 0 Å². The Morgan fingerprint density at radius 1 is 1.67 bits per heavy atom.